The van der Waals surface area contributed by atoms with E-state index in [-0.39, 0.29) is 29.8 Å². The zero-order chi connectivity index (χ0) is 31.0. The highest BCUT2D eigenvalue weighted by Crippen LogP contribution is 2.25. The van der Waals surface area contributed by atoms with Crippen LogP contribution >= 0.6 is 11.6 Å². The molecule has 224 valence electrons. The summed E-state index contributed by atoms with van der Waals surface area (Å²) in [5.41, 5.74) is 2.92. The second-order valence-corrected chi connectivity index (χ2v) is 13.0. The van der Waals surface area contributed by atoms with Crippen LogP contribution in [0.2, 0.25) is 5.02 Å². The molecular formula is C34H36ClN3O4S. The topological polar surface area (TPSA) is 86.8 Å². The molecule has 2 amide bonds. The predicted molar refractivity (Wildman–Crippen MR) is 171 cm³/mol. The minimum absolute atomic E-state index is 0.0611. The van der Waals surface area contributed by atoms with E-state index in [0.717, 1.165) is 21.0 Å². The van der Waals surface area contributed by atoms with E-state index in [9.17, 15) is 18.0 Å². The summed E-state index contributed by atoms with van der Waals surface area (Å²) >= 11 is 6.13. The molecule has 9 heteroatoms. The van der Waals surface area contributed by atoms with Crippen LogP contribution in [0, 0.1) is 6.92 Å². The highest BCUT2D eigenvalue weighted by atomic mass is 35.5. The van der Waals surface area contributed by atoms with E-state index in [1.165, 1.54) is 17.0 Å². The van der Waals surface area contributed by atoms with Gasteiger partial charge in [-0.25, -0.2) is 8.42 Å². The van der Waals surface area contributed by atoms with Crippen LogP contribution in [0.3, 0.4) is 0 Å². The molecule has 0 heterocycles. The van der Waals surface area contributed by atoms with E-state index in [1.54, 1.807) is 66.7 Å². The Morgan fingerprint density at radius 3 is 1.95 bits per heavy atom. The van der Waals surface area contributed by atoms with Crippen molar-refractivity contribution in [2.24, 2.45) is 0 Å². The molecule has 43 heavy (non-hydrogen) atoms. The fourth-order valence-corrected chi connectivity index (χ4v) is 6.24. The molecule has 0 aliphatic carbocycles. The zero-order valence-electron chi connectivity index (χ0n) is 24.5. The third-order valence-corrected chi connectivity index (χ3v) is 8.94. The Labute approximate surface area is 259 Å². The average Bonchev–Trinajstić information content (AvgIpc) is 2.99. The highest BCUT2D eigenvalue weighted by Gasteiger charge is 2.34. The number of amides is 2. The summed E-state index contributed by atoms with van der Waals surface area (Å²) in [5.74, 6) is -0.844. The first kappa shape index (κ1) is 31.8. The number of rotatable bonds is 12. The molecule has 0 aliphatic heterocycles. The maximum atomic E-state index is 14.4. The molecule has 0 bridgehead atoms. The lowest BCUT2D eigenvalue weighted by atomic mass is 10.0. The van der Waals surface area contributed by atoms with E-state index < -0.39 is 28.5 Å². The Balaban J connectivity index is 1.79. The van der Waals surface area contributed by atoms with Gasteiger partial charge >= 0.3 is 0 Å². The number of hydrogen-bond donors (Lipinski definition) is 1. The van der Waals surface area contributed by atoms with Gasteiger partial charge in [0.1, 0.15) is 12.6 Å². The van der Waals surface area contributed by atoms with Gasteiger partial charge in [0.25, 0.3) is 10.0 Å². The van der Waals surface area contributed by atoms with Crippen molar-refractivity contribution in [3.8, 4) is 0 Å². The number of anilines is 1. The molecular weight excluding hydrogens is 582 g/mol. The maximum Gasteiger partial charge on any atom is 0.264 e. The standard InChI is InChI=1S/C34H36ClN3O4S/c1-25(2)36-34(40)32(22-27-10-6-4-7-11-27)37(23-28-16-18-29(35)19-17-28)33(39)24-38(30-20-14-26(3)15-21-30)43(41,42)31-12-8-5-9-13-31/h4-21,25,32H,22-24H2,1-3H3,(H,36,40)/t32-/m0/s1. The molecule has 4 aromatic rings. The Morgan fingerprint density at radius 2 is 1.37 bits per heavy atom. The molecule has 1 N–H and O–H groups in total. The minimum atomic E-state index is -4.13. The van der Waals surface area contributed by atoms with Crippen molar-refractivity contribution in [2.45, 2.75) is 50.7 Å². The molecule has 4 rings (SSSR count). The smallest absolute Gasteiger partial charge is 0.264 e. The summed E-state index contributed by atoms with van der Waals surface area (Å²) in [6.45, 7) is 5.18. The maximum absolute atomic E-state index is 14.4. The van der Waals surface area contributed by atoms with E-state index in [0.29, 0.717) is 10.7 Å². The van der Waals surface area contributed by atoms with Crippen molar-refractivity contribution in [1.82, 2.24) is 10.2 Å². The summed E-state index contributed by atoms with van der Waals surface area (Å²) in [5, 5.41) is 3.50. The summed E-state index contributed by atoms with van der Waals surface area (Å²) in [6, 6.07) is 30.4. The number of carbonyl (C=O) groups excluding carboxylic acids is 2. The van der Waals surface area contributed by atoms with E-state index in [2.05, 4.69) is 5.32 Å². The molecule has 0 aromatic heterocycles. The Hall–Kier alpha value is -4.14. The van der Waals surface area contributed by atoms with Crippen LogP contribution in [0.4, 0.5) is 5.69 Å². The number of halogens is 1. The van der Waals surface area contributed by atoms with Gasteiger partial charge in [-0.2, -0.15) is 0 Å². The molecule has 0 radical (unpaired) electrons. The van der Waals surface area contributed by atoms with Gasteiger partial charge in [0, 0.05) is 24.0 Å². The lowest BCUT2D eigenvalue weighted by molar-refractivity contribution is -0.140. The molecule has 0 fully saturated rings. The number of aryl methyl sites for hydroxylation is 1. The third kappa shape index (κ3) is 8.46. The molecule has 0 aliphatic rings. The van der Waals surface area contributed by atoms with Crippen LogP contribution in [0.1, 0.15) is 30.5 Å². The van der Waals surface area contributed by atoms with Gasteiger partial charge in [0.15, 0.2) is 0 Å². The molecule has 7 nitrogen and oxygen atoms in total. The van der Waals surface area contributed by atoms with Gasteiger partial charge in [0.2, 0.25) is 11.8 Å². The second kappa shape index (κ2) is 14.4. The van der Waals surface area contributed by atoms with Gasteiger partial charge in [-0.05, 0) is 68.3 Å². The van der Waals surface area contributed by atoms with Crippen LogP contribution in [0.15, 0.2) is 114 Å². The van der Waals surface area contributed by atoms with Crippen molar-refractivity contribution in [3.05, 3.63) is 131 Å². The highest BCUT2D eigenvalue weighted by molar-refractivity contribution is 7.92. The van der Waals surface area contributed by atoms with Crippen molar-refractivity contribution in [1.29, 1.82) is 0 Å². The minimum Gasteiger partial charge on any atom is -0.352 e. The van der Waals surface area contributed by atoms with Crippen LogP contribution in [0.25, 0.3) is 0 Å². The number of sulfonamides is 1. The van der Waals surface area contributed by atoms with Gasteiger partial charge < -0.3 is 10.2 Å². The number of carbonyl (C=O) groups is 2. The third-order valence-electron chi connectivity index (χ3n) is 6.90. The lowest BCUT2D eigenvalue weighted by Crippen LogP contribution is -2.54. The number of nitrogens with zero attached hydrogens (tertiary/aromatic N) is 2. The number of benzene rings is 4. The van der Waals surface area contributed by atoms with Gasteiger partial charge in [-0.1, -0.05) is 90.0 Å². The zero-order valence-corrected chi connectivity index (χ0v) is 26.1. The molecule has 0 saturated carbocycles. The summed E-state index contributed by atoms with van der Waals surface area (Å²) in [4.78, 5) is 29.6. The van der Waals surface area contributed by atoms with Gasteiger partial charge in [-0.3, -0.25) is 13.9 Å². The lowest BCUT2D eigenvalue weighted by Gasteiger charge is -2.34. The Bertz CT molecular complexity index is 1610. The fourth-order valence-electron chi connectivity index (χ4n) is 4.68. The van der Waals surface area contributed by atoms with Crippen molar-refractivity contribution in [2.75, 3.05) is 10.8 Å². The van der Waals surface area contributed by atoms with E-state index >= 15 is 0 Å². The van der Waals surface area contributed by atoms with Crippen LogP contribution < -0.4 is 9.62 Å². The van der Waals surface area contributed by atoms with Gasteiger partial charge in [0.05, 0.1) is 10.6 Å². The molecule has 0 unspecified atom stereocenters. The largest absolute Gasteiger partial charge is 0.352 e. The average molecular weight is 618 g/mol. The number of hydrogen-bond acceptors (Lipinski definition) is 4. The second-order valence-electron chi connectivity index (χ2n) is 10.7. The normalized spacial score (nSPS) is 12.0. The van der Waals surface area contributed by atoms with Crippen LogP contribution in [-0.2, 0) is 32.6 Å². The Morgan fingerprint density at radius 1 is 0.791 bits per heavy atom. The SMILES string of the molecule is Cc1ccc(N(CC(=O)N(Cc2ccc(Cl)cc2)[C@@H](Cc2ccccc2)C(=O)NC(C)C)S(=O)(=O)c2ccccc2)cc1. The Kier molecular flexibility index (Phi) is 10.6. The summed E-state index contributed by atoms with van der Waals surface area (Å²) in [7, 11) is -4.13. The molecule has 1 atom stereocenters. The van der Waals surface area contributed by atoms with Crippen molar-refractivity contribution in [3.63, 3.8) is 0 Å². The first-order valence-corrected chi connectivity index (χ1v) is 15.9. The number of nitrogens with one attached hydrogen (secondary N) is 1. The molecule has 4 aromatic carbocycles. The first-order chi connectivity index (χ1) is 20.5. The first-order valence-electron chi connectivity index (χ1n) is 14.1. The van der Waals surface area contributed by atoms with E-state index in [4.69, 9.17) is 11.6 Å². The monoisotopic (exact) mass is 617 g/mol. The van der Waals surface area contributed by atoms with Gasteiger partial charge in [-0.15, -0.1) is 0 Å². The van der Waals surface area contributed by atoms with Crippen LogP contribution in [0.5, 0.6) is 0 Å². The predicted octanol–water partition coefficient (Wildman–Crippen LogP) is 6.01. The van der Waals surface area contributed by atoms with Crippen LogP contribution in [-0.4, -0.2) is 43.8 Å². The quantitative estimate of drug-likeness (QED) is 0.211. The summed E-state index contributed by atoms with van der Waals surface area (Å²) in [6.07, 6.45) is 0.245. The van der Waals surface area contributed by atoms with E-state index in [1.807, 2.05) is 51.1 Å². The van der Waals surface area contributed by atoms with Crippen molar-refractivity contribution < 1.29 is 18.0 Å². The van der Waals surface area contributed by atoms with Crippen molar-refractivity contribution >= 4 is 39.1 Å². The molecule has 0 saturated heterocycles. The fraction of sp³-hybridized carbons (Fsp3) is 0.235. The molecule has 0 spiro atoms. The summed E-state index contributed by atoms with van der Waals surface area (Å²) < 4.78 is 29.1.